The molecule has 0 saturated heterocycles. The van der Waals surface area contributed by atoms with E-state index in [1.54, 1.807) is 54.6 Å². The summed E-state index contributed by atoms with van der Waals surface area (Å²) in [5, 5.41) is 11.7. The molecule has 0 radical (unpaired) electrons. The highest BCUT2D eigenvalue weighted by Gasteiger charge is 2.20. The van der Waals surface area contributed by atoms with Crippen molar-refractivity contribution in [1.82, 2.24) is 0 Å². The molecule has 166 valence electrons. The third-order valence-corrected chi connectivity index (χ3v) is 7.91. The van der Waals surface area contributed by atoms with Crippen molar-refractivity contribution in [1.29, 1.82) is 0 Å². The highest BCUT2D eigenvalue weighted by molar-refractivity contribution is 14.1. The Morgan fingerprint density at radius 3 is 2.28 bits per heavy atom. The minimum absolute atomic E-state index is 0.0472. The number of hydrogen-bond donors (Lipinski definition) is 1. The van der Waals surface area contributed by atoms with Gasteiger partial charge in [-0.2, -0.15) is 0 Å². The Morgan fingerprint density at radius 1 is 0.969 bits per heavy atom. The molecule has 0 bridgehead atoms. The molecular formula is C24H18Cl3IO3S. The van der Waals surface area contributed by atoms with E-state index in [0.717, 1.165) is 14.7 Å². The number of Topliss-reactive ketones (excluding diaryl/α,β-unsaturated/α-hetero) is 1. The van der Waals surface area contributed by atoms with Crippen molar-refractivity contribution in [3.05, 3.63) is 97.3 Å². The summed E-state index contributed by atoms with van der Waals surface area (Å²) in [6.07, 6.45) is 0. The van der Waals surface area contributed by atoms with Gasteiger partial charge in [-0.05, 0) is 95.2 Å². The Bertz CT molecular complexity index is 1160. The van der Waals surface area contributed by atoms with E-state index >= 15 is 0 Å². The Morgan fingerprint density at radius 2 is 1.62 bits per heavy atom. The van der Waals surface area contributed by atoms with Gasteiger partial charge in [0.15, 0.2) is 17.3 Å². The van der Waals surface area contributed by atoms with Crippen LogP contribution in [0, 0.1) is 0 Å². The first kappa shape index (κ1) is 25.2. The van der Waals surface area contributed by atoms with Gasteiger partial charge < -0.3 is 9.84 Å². The number of aromatic hydroxyl groups is 1. The second-order valence-corrected chi connectivity index (χ2v) is 9.96. The molecule has 0 atom stereocenters. The Balaban J connectivity index is 2.03. The SMILES string of the molecule is CCOc1cc(C(I)=C(SCc2ccc(Cl)cc2Cl)C(=O)c2ccc(Cl)cc2)ccc1O. The van der Waals surface area contributed by atoms with Gasteiger partial charge in [0.25, 0.3) is 0 Å². The molecule has 0 aliphatic rings. The largest absolute Gasteiger partial charge is 0.504 e. The number of carbonyl (C=O) groups is 1. The summed E-state index contributed by atoms with van der Waals surface area (Å²) in [5.74, 6) is 0.759. The van der Waals surface area contributed by atoms with Crippen molar-refractivity contribution in [2.75, 3.05) is 6.61 Å². The van der Waals surface area contributed by atoms with E-state index in [9.17, 15) is 9.90 Å². The number of carbonyl (C=O) groups excluding carboxylic acids is 1. The highest BCUT2D eigenvalue weighted by atomic mass is 127. The molecule has 1 N–H and O–H groups in total. The summed E-state index contributed by atoms with van der Waals surface area (Å²) in [5.41, 5.74) is 2.16. The van der Waals surface area contributed by atoms with Crippen LogP contribution in [0.3, 0.4) is 0 Å². The van der Waals surface area contributed by atoms with Crippen LogP contribution >= 0.6 is 69.2 Å². The van der Waals surface area contributed by atoms with Gasteiger partial charge in [0.05, 0.1) is 11.5 Å². The van der Waals surface area contributed by atoms with Gasteiger partial charge in [-0.1, -0.05) is 40.9 Å². The van der Waals surface area contributed by atoms with E-state index in [1.807, 2.05) is 13.0 Å². The van der Waals surface area contributed by atoms with Crippen LogP contribution in [0.5, 0.6) is 11.5 Å². The fraction of sp³-hybridized carbons (Fsp3) is 0.125. The molecule has 0 saturated carbocycles. The summed E-state index contributed by atoms with van der Waals surface area (Å²) in [4.78, 5) is 14.0. The van der Waals surface area contributed by atoms with Crippen LogP contribution in [0.25, 0.3) is 3.58 Å². The van der Waals surface area contributed by atoms with Crippen LogP contribution in [-0.4, -0.2) is 17.5 Å². The van der Waals surface area contributed by atoms with Crippen LogP contribution in [0.2, 0.25) is 15.1 Å². The molecule has 0 aliphatic carbocycles. The molecule has 0 aliphatic heterocycles. The van der Waals surface area contributed by atoms with Crippen molar-refractivity contribution < 1.29 is 14.6 Å². The van der Waals surface area contributed by atoms with E-state index < -0.39 is 0 Å². The molecule has 0 fully saturated rings. The van der Waals surface area contributed by atoms with E-state index in [0.29, 0.717) is 43.6 Å². The molecule has 8 heteroatoms. The number of phenolic OH excluding ortho intramolecular Hbond substituents is 1. The zero-order valence-electron chi connectivity index (χ0n) is 16.9. The lowest BCUT2D eigenvalue weighted by molar-refractivity contribution is 0.104. The van der Waals surface area contributed by atoms with Gasteiger partial charge in [-0.25, -0.2) is 0 Å². The Hall–Kier alpha value is -1.38. The lowest BCUT2D eigenvalue weighted by Crippen LogP contribution is -2.03. The van der Waals surface area contributed by atoms with Crippen LogP contribution in [0.15, 0.2) is 65.6 Å². The van der Waals surface area contributed by atoms with Gasteiger partial charge in [0.1, 0.15) is 0 Å². The van der Waals surface area contributed by atoms with E-state index in [1.165, 1.54) is 11.8 Å². The Kier molecular flexibility index (Phi) is 9.20. The average molecular weight is 620 g/mol. The number of thioether (sulfide) groups is 1. The highest BCUT2D eigenvalue weighted by Crippen LogP contribution is 2.40. The topological polar surface area (TPSA) is 46.5 Å². The number of halogens is 4. The summed E-state index contributed by atoms with van der Waals surface area (Å²) in [6.45, 7) is 2.26. The maximum atomic E-state index is 13.4. The third kappa shape index (κ3) is 6.35. The molecule has 3 aromatic rings. The minimum atomic E-state index is -0.132. The first-order chi connectivity index (χ1) is 15.3. The molecule has 0 aromatic heterocycles. The fourth-order valence-corrected chi connectivity index (χ4v) is 5.58. The van der Waals surface area contributed by atoms with Gasteiger partial charge >= 0.3 is 0 Å². The molecule has 3 aromatic carbocycles. The zero-order chi connectivity index (χ0) is 23.3. The van der Waals surface area contributed by atoms with Gasteiger partial charge in [0.2, 0.25) is 0 Å². The smallest absolute Gasteiger partial charge is 0.200 e. The van der Waals surface area contributed by atoms with Crippen LogP contribution in [0.4, 0.5) is 0 Å². The third-order valence-electron chi connectivity index (χ3n) is 4.41. The van der Waals surface area contributed by atoms with Crippen LogP contribution < -0.4 is 4.74 Å². The number of ketones is 1. The molecular weight excluding hydrogens is 602 g/mol. The predicted octanol–water partition coefficient (Wildman–Crippen LogP) is 8.67. The van der Waals surface area contributed by atoms with Crippen LogP contribution in [-0.2, 0) is 5.75 Å². The van der Waals surface area contributed by atoms with Crippen molar-refractivity contribution in [2.24, 2.45) is 0 Å². The molecule has 0 unspecified atom stereocenters. The standard InChI is InChI=1S/C24H18Cl3IO3S/c1-2-31-21-11-15(6-10-20(21)29)22(28)24(23(30)14-3-7-17(25)8-4-14)32-13-16-5-9-18(26)12-19(16)27/h3-12,29H,2,13H2,1H3. The fourth-order valence-electron chi connectivity index (χ4n) is 2.80. The molecule has 3 rings (SSSR count). The number of allylic oxidation sites excluding steroid dienone is 1. The number of rotatable bonds is 8. The summed E-state index contributed by atoms with van der Waals surface area (Å²) >= 11 is 21.9. The summed E-state index contributed by atoms with van der Waals surface area (Å²) in [6, 6.07) is 17.1. The summed E-state index contributed by atoms with van der Waals surface area (Å²) < 4.78 is 6.24. The number of phenols is 1. The predicted molar refractivity (Wildman–Crippen MR) is 144 cm³/mol. The first-order valence-corrected chi connectivity index (χ1v) is 12.7. The summed E-state index contributed by atoms with van der Waals surface area (Å²) in [7, 11) is 0. The maximum Gasteiger partial charge on any atom is 0.200 e. The lowest BCUT2D eigenvalue weighted by atomic mass is 10.1. The first-order valence-electron chi connectivity index (χ1n) is 9.53. The van der Waals surface area contributed by atoms with Gasteiger partial charge in [-0.3, -0.25) is 4.79 Å². The molecule has 0 amide bonds. The number of benzene rings is 3. The van der Waals surface area contributed by atoms with E-state index in [-0.39, 0.29) is 11.5 Å². The second-order valence-electron chi connectivity index (χ2n) is 6.62. The Labute approximate surface area is 219 Å². The van der Waals surface area contributed by atoms with Crippen molar-refractivity contribution in [3.8, 4) is 11.5 Å². The normalized spacial score (nSPS) is 11.8. The maximum absolute atomic E-state index is 13.4. The quantitative estimate of drug-likeness (QED) is 0.156. The van der Waals surface area contributed by atoms with E-state index in [2.05, 4.69) is 22.6 Å². The molecule has 0 spiro atoms. The van der Waals surface area contributed by atoms with Crippen LogP contribution in [0.1, 0.15) is 28.4 Å². The minimum Gasteiger partial charge on any atom is -0.504 e. The molecule has 32 heavy (non-hydrogen) atoms. The van der Waals surface area contributed by atoms with Crippen molar-refractivity contribution in [3.63, 3.8) is 0 Å². The van der Waals surface area contributed by atoms with E-state index in [4.69, 9.17) is 39.5 Å². The lowest BCUT2D eigenvalue weighted by Gasteiger charge is -2.13. The zero-order valence-corrected chi connectivity index (χ0v) is 22.1. The average Bonchev–Trinajstić information content (AvgIpc) is 2.77. The van der Waals surface area contributed by atoms with Gasteiger partial charge in [0, 0.05) is 30.0 Å². The van der Waals surface area contributed by atoms with Crippen molar-refractivity contribution >= 4 is 78.5 Å². The van der Waals surface area contributed by atoms with Crippen molar-refractivity contribution in [2.45, 2.75) is 12.7 Å². The molecule has 3 nitrogen and oxygen atoms in total. The monoisotopic (exact) mass is 618 g/mol. The number of hydrogen-bond acceptors (Lipinski definition) is 4. The molecule has 0 heterocycles. The number of ether oxygens (including phenoxy) is 1. The second kappa shape index (κ2) is 11.7. The van der Waals surface area contributed by atoms with Gasteiger partial charge in [-0.15, -0.1) is 11.8 Å².